The van der Waals surface area contributed by atoms with Gasteiger partial charge in [-0.3, -0.25) is 0 Å². The van der Waals surface area contributed by atoms with Gasteiger partial charge < -0.3 is 0 Å². The van der Waals surface area contributed by atoms with Gasteiger partial charge in [0.05, 0.1) is 0 Å². The second-order valence-corrected chi connectivity index (χ2v) is 6.82. The van der Waals surface area contributed by atoms with Gasteiger partial charge in [-0.2, -0.15) is 0 Å². The first-order chi connectivity index (χ1) is 6.27. The predicted octanol–water partition coefficient (Wildman–Crippen LogP) is 2.74. The van der Waals surface area contributed by atoms with Crippen molar-refractivity contribution >= 4 is 25.8 Å². The van der Waals surface area contributed by atoms with Crippen molar-refractivity contribution in [1.82, 2.24) is 0 Å². The number of hydrogen-bond acceptors (Lipinski definition) is 1. The van der Waals surface area contributed by atoms with E-state index in [0.29, 0.717) is 0 Å². The Balaban J connectivity index is 2.84. The van der Waals surface area contributed by atoms with Crippen LogP contribution in [0.1, 0.15) is 64.7 Å². The summed E-state index contributed by atoms with van der Waals surface area (Å²) < 4.78 is 0.0695. The second kappa shape index (κ2) is 11.0. The molecule has 0 rings (SSSR count). The van der Waals surface area contributed by atoms with Gasteiger partial charge in [-0.1, -0.05) is 0 Å². The fraction of sp³-hybridized carbons (Fsp3) is 1.00. The second-order valence-electron chi connectivity index (χ2n) is 3.83. The molecule has 0 aromatic heterocycles. The summed E-state index contributed by atoms with van der Waals surface area (Å²) in [4.78, 5) is 0. The van der Waals surface area contributed by atoms with Crippen LogP contribution >= 0.6 is 0 Å². The van der Waals surface area contributed by atoms with Gasteiger partial charge in [0.15, 0.2) is 0 Å². The summed E-state index contributed by atoms with van der Waals surface area (Å²) in [5.41, 5.74) is 0. The molecule has 1 nitrogen and oxygen atoms in total. The summed E-state index contributed by atoms with van der Waals surface area (Å²) in [6.45, 7) is 2.26. The Labute approximate surface area is 99.0 Å². The van der Waals surface area contributed by atoms with E-state index in [1.165, 1.54) is 51.4 Å². The van der Waals surface area contributed by atoms with Crippen molar-refractivity contribution in [3.05, 3.63) is 0 Å². The summed E-state index contributed by atoms with van der Waals surface area (Å²) in [6.07, 6.45) is 12.0. The molecule has 0 spiro atoms. The van der Waals surface area contributed by atoms with Crippen LogP contribution in [0.3, 0.4) is 0 Å². The quantitative estimate of drug-likeness (QED) is 0.482. The van der Waals surface area contributed by atoms with Crippen LogP contribution in [0.5, 0.6) is 0 Å². The maximum absolute atomic E-state index is 9.10. The van der Waals surface area contributed by atoms with E-state index >= 15 is 0 Å². The van der Waals surface area contributed by atoms with E-state index in [1.807, 2.05) is 0 Å². The molecule has 0 aliphatic heterocycles. The van der Waals surface area contributed by atoms with E-state index < -0.39 is 0 Å². The molecule has 0 saturated heterocycles. The van der Waals surface area contributed by atoms with E-state index in [4.69, 9.17) is 5.11 Å². The molecule has 0 amide bonds. The van der Waals surface area contributed by atoms with Gasteiger partial charge >= 0.3 is 99.2 Å². The van der Waals surface area contributed by atoms with Crippen molar-refractivity contribution in [1.29, 1.82) is 0 Å². The molecule has 1 unspecified atom stereocenters. The van der Waals surface area contributed by atoms with Crippen LogP contribution in [0.4, 0.5) is 0 Å². The molecule has 2 radical (unpaired) electrons. The Morgan fingerprint density at radius 3 is 1.85 bits per heavy atom. The molecule has 1 atom stereocenters. The van der Waals surface area contributed by atoms with Crippen LogP contribution < -0.4 is 0 Å². The van der Waals surface area contributed by atoms with Crippen molar-refractivity contribution in [2.45, 2.75) is 68.4 Å². The van der Waals surface area contributed by atoms with Gasteiger partial charge in [-0.05, 0) is 0 Å². The van der Waals surface area contributed by atoms with Crippen molar-refractivity contribution in [3.63, 3.8) is 0 Å². The van der Waals surface area contributed by atoms with Crippen LogP contribution in [0, 0.1) is 0 Å². The van der Waals surface area contributed by atoms with Crippen LogP contribution in [-0.2, 0) is 0 Å². The topological polar surface area (TPSA) is 20.2 Å². The standard InChI is InChI=1S/C11H23O.Pb.H/c1-2-3-4-5-6-7-8-9-10-11-12;;/h11-12H,2-10H2,1H3;;. The van der Waals surface area contributed by atoms with Gasteiger partial charge in [0.25, 0.3) is 0 Å². The molecule has 0 aliphatic rings. The molecule has 0 bridgehead atoms. The molecule has 0 heterocycles. The van der Waals surface area contributed by atoms with Crippen molar-refractivity contribution in [2.24, 2.45) is 0 Å². The normalized spacial score (nSPS) is 13.2. The Morgan fingerprint density at radius 2 is 1.38 bits per heavy atom. The van der Waals surface area contributed by atoms with Gasteiger partial charge in [-0.15, -0.1) is 0 Å². The van der Waals surface area contributed by atoms with Gasteiger partial charge in [0, 0.05) is 0 Å². The number of aliphatic hydroxyl groups is 1. The molecule has 0 aromatic carbocycles. The van der Waals surface area contributed by atoms with Crippen molar-refractivity contribution in [2.75, 3.05) is 0 Å². The summed E-state index contributed by atoms with van der Waals surface area (Å²) >= 11 is 0.759. The predicted molar refractivity (Wildman–Crippen MR) is 60.4 cm³/mol. The van der Waals surface area contributed by atoms with E-state index in [2.05, 4.69) is 6.92 Å². The van der Waals surface area contributed by atoms with Gasteiger partial charge in [0.1, 0.15) is 0 Å². The molecule has 2 heteroatoms. The summed E-state index contributed by atoms with van der Waals surface area (Å²) in [7, 11) is 0. The maximum atomic E-state index is 9.10. The number of unbranched alkanes of at least 4 members (excludes halogenated alkanes) is 7. The van der Waals surface area contributed by atoms with Crippen LogP contribution in [0.25, 0.3) is 0 Å². The Bertz CT molecular complexity index is 94.1. The third-order valence-electron chi connectivity index (χ3n) is 2.35. The number of aliphatic hydroxyl groups excluding tert-OH is 1. The van der Waals surface area contributed by atoms with E-state index in [0.717, 1.165) is 32.2 Å². The van der Waals surface area contributed by atoms with Crippen LogP contribution in [0.15, 0.2) is 0 Å². The Hall–Kier alpha value is 0.882. The van der Waals surface area contributed by atoms with Gasteiger partial charge in [-0.25, -0.2) is 0 Å². The zero-order chi connectivity index (χ0) is 9.94. The molecular formula is C11H24OPb. The molecular weight excluding hydrogens is 355 g/mol. The zero-order valence-corrected chi connectivity index (χ0v) is 13.5. The first-order valence-corrected chi connectivity index (χ1v) is 8.30. The zero-order valence-electron chi connectivity index (χ0n) is 8.97. The van der Waals surface area contributed by atoms with E-state index in [-0.39, 0.29) is 3.66 Å². The number of rotatable bonds is 9. The SMILES string of the molecule is CCCCCCCCCC[CH](O)[PbH]. The monoisotopic (exact) mass is 380 g/mol. The fourth-order valence-corrected chi connectivity index (χ4v) is 2.40. The molecule has 0 aliphatic carbocycles. The van der Waals surface area contributed by atoms with Crippen LogP contribution in [0.2, 0.25) is 0 Å². The molecule has 78 valence electrons. The molecule has 1 N–H and O–H groups in total. The van der Waals surface area contributed by atoms with E-state index in [1.54, 1.807) is 0 Å². The summed E-state index contributed by atoms with van der Waals surface area (Å²) in [5, 5.41) is 9.10. The number of hydrogen-bond donors (Lipinski definition) is 1. The molecule has 0 aromatic rings. The minimum atomic E-state index is 0.0695. The fourth-order valence-electron chi connectivity index (χ4n) is 1.49. The van der Waals surface area contributed by atoms with Crippen molar-refractivity contribution in [3.8, 4) is 0 Å². The van der Waals surface area contributed by atoms with Crippen LogP contribution in [-0.4, -0.2) is 34.5 Å². The van der Waals surface area contributed by atoms with E-state index in [9.17, 15) is 0 Å². The Morgan fingerprint density at radius 1 is 0.923 bits per heavy atom. The Kier molecular flexibility index (Phi) is 11.7. The van der Waals surface area contributed by atoms with Crippen molar-refractivity contribution < 1.29 is 5.11 Å². The third kappa shape index (κ3) is 12.9. The van der Waals surface area contributed by atoms with Gasteiger partial charge in [0.2, 0.25) is 0 Å². The molecule has 0 fully saturated rings. The average Bonchev–Trinajstić information content (AvgIpc) is 2.09. The third-order valence-corrected chi connectivity index (χ3v) is 3.65. The molecule has 13 heavy (non-hydrogen) atoms. The molecule has 0 saturated carbocycles. The first-order valence-electron chi connectivity index (χ1n) is 5.71. The first kappa shape index (κ1) is 13.9. The minimum absolute atomic E-state index is 0.0695. The summed E-state index contributed by atoms with van der Waals surface area (Å²) in [5.74, 6) is 0. The average molecular weight is 380 g/mol. The summed E-state index contributed by atoms with van der Waals surface area (Å²) in [6, 6.07) is 0.